The summed E-state index contributed by atoms with van der Waals surface area (Å²) < 4.78 is 42.5. The van der Waals surface area contributed by atoms with Gasteiger partial charge < -0.3 is 22.8 Å². The van der Waals surface area contributed by atoms with Crippen LogP contribution in [-0.2, 0) is 0 Å². The summed E-state index contributed by atoms with van der Waals surface area (Å²) in [5, 5.41) is 10.1. The zero-order chi connectivity index (χ0) is 14.8. The van der Waals surface area contributed by atoms with Crippen LogP contribution in [-0.4, -0.2) is 19.2 Å². The molecule has 0 aliphatic rings. The second-order valence-corrected chi connectivity index (χ2v) is 4.42. The number of aliphatic hydroxyl groups is 1. The first-order valence-corrected chi connectivity index (χ1v) is 6.03. The summed E-state index contributed by atoms with van der Waals surface area (Å²) in [7, 11) is 1.53. The fourth-order valence-corrected chi connectivity index (χ4v) is 1.88. The first kappa shape index (κ1) is 18.7. The zero-order valence-electron chi connectivity index (χ0n) is 11.8. The van der Waals surface area contributed by atoms with Gasteiger partial charge in [-0.15, -0.1) is 5.46 Å². The molecule has 1 N–H and O–H groups in total. The van der Waals surface area contributed by atoms with E-state index in [9.17, 15) is 18.1 Å². The van der Waals surface area contributed by atoms with Gasteiger partial charge in [0.25, 0.3) is 0 Å². The van der Waals surface area contributed by atoms with Crippen molar-refractivity contribution < 1.29 is 74.2 Å². The van der Waals surface area contributed by atoms with Crippen molar-refractivity contribution in [3.05, 3.63) is 59.7 Å². The van der Waals surface area contributed by atoms with E-state index in [1.54, 1.807) is 24.3 Å². The Kier molecular flexibility index (Phi) is 6.96. The van der Waals surface area contributed by atoms with E-state index >= 15 is 0 Å². The smallest absolute Gasteiger partial charge is 0.497 e. The Hall–Kier alpha value is -0.309. The largest absolute Gasteiger partial charge is 1.00 e. The quantitative estimate of drug-likeness (QED) is 0.793. The summed E-state index contributed by atoms with van der Waals surface area (Å²) in [6, 6.07) is 11.3. The molecule has 0 bridgehead atoms. The van der Waals surface area contributed by atoms with Crippen LogP contribution in [0.3, 0.4) is 0 Å². The first-order valence-electron chi connectivity index (χ1n) is 6.03. The number of hydrogen-bond acceptors (Lipinski definition) is 2. The number of ether oxygens (including phenoxy) is 1. The van der Waals surface area contributed by atoms with Gasteiger partial charge in [-0.3, -0.25) is 0 Å². The van der Waals surface area contributed by atoms with Gasteiger partial charge in [0.2, 0.25) is 0 Å². The minimum Gasteiger partial charge on any atom is -0.497 e. The average molecular weight is 320 g/mol. The average Bonchev–Trinajstić information content (AvgIpc) is 2.46. The number of rotatable bonds is 4. The third kappa shape index (κ3) is 4.84. The van der Waals surface area contributed by atoms with Gasteiger partial charge >= 0.3 is 58.4 Å². The van der Waals surface area contributed by atoms with Crippen LogP contribution in [0.1, 0.15) is 17.2 Å². The Balaban J connectivity index is 0.00000220. The number of halogens is 3. The molecule has 0 amide bonds. The second-order valence-electron chi connectivity index (χ2n) is 4.42. The molecule has 0 radical (unpaired) electrons. The molecule has 2 rings (SSSR count). The van der Waals surface area contributed by atoms with Crippen LogP contribution in [0, 0.1) is 0 Å². The molecule has 2 nitrogen and oxygen atoms in total. The molecule has 2 aromatic carbocycles. The molecule has 7 heteroatoms. The minimum absolute atomic E-state index is 0. The Labute approximate surface area is 163 Å². The van der Waals surface area contributed by atoms with Crippen molar-refractivity contribution in [3.63, 3.8) is 0 Å². The van der Waals surface area contributed by atoms with Gasteiger partial charge in [-0.2, -0.15) is 0 Å². The van der Waals surface area contributed by atoms with Gasteiger partial charge in [-0.1, -0.05) is 36.4 Å². The topological polar surface area (TPSA) is 29.5 Å². The standard InChI is InChI=1S/C14H13BF3O2.K/c1-20-13-8-4-11(5-9-13)14(19)10-2-6-12(7-3-10)15(16,17)18;/h2-9,14,19H,1H3;/q-1;+1. The molecule has 0 saturated carbocycles. The molecule has 2 aromatic rings. The van der Waals surface area contributed by atoms with Crippen LogP contribution in [0.5, 0.6) is 5.75 Å². The predicted octanol–water partition coefficient (Wildman–Crippen LogP) is -0.165. The summed E-state index contributed by atoms with van der Waals surface area (Å²) in [4.78, 5) is 0. The normalized spacial score (nSPS) is 12.4. The molecule has 0 aliphatic heterocycles. The van der Waals surface area contributed by atoms with Gasteiger partial charge in [0, 0.05) is 0 Å². The van der Waals surface area contributed by atoms with E-state index in [0.29, 0.717) is 16.9 Å². The monoisotopic (exact) mass is 320 g/mol. The molecule has 0 aromatic heterocycles. The van der Waals surface area contributed by atoms with Gasteiger partial charge in [-0.25, -0.2) is 0 Å². The van der Waals surface area contributed by atoms with E-state index < -0.39 is 18.5 Å². The van der Waals surface area contributed by atoms with Gasteiger partial charge in [0.15, 0.2) is 0 Å². The van der Waals surface area contributed by atoms with Crippen molar-refractivity contribution in [2.24, 2.45) is 0 Å². The molecule has 0 saturated heterocycles. The predicted molar refractivity (Wildman–Crippen MR) is 72.2 cm³/mol. The molecule has 21 heavy (non-hydrogen) atoms. The van der Waals surface area contributed by atoms with Crippen LogP contribution < -0.4 is 61.6 Å². The van der Waals surface area contributed by atoms with E-state index in [2.05, 4.69) is 0 Å². The summed E-state index contributed by atoms with van der Waals surface area (Å²) in [6.45, 7) is -5.01. The summed E-state index contributed by atoms with van der Waals surface area (Å²) in [6.07, 6.45) is -0.962. The minimum atomic E-state index is -5.01. The van der Waals surface area contributed by atoms with Crippen LogP contribution in [0.15, 0.2) is 48.5 Å². The number of benzene rings is 2. The van der Waals surface area contributed by atoms with E-state index in [4.69, 9.17) is 4.74 Å². The number of methoxy groups -OCH3 is 1. The van der Waals surface area contributed by atoms with Crippen LogP contribution in [0.4, 0.5) is 12.9 Å². The number of hydrogen-bond donors (Lipinski definition) is 1. The van der Waals surface area contributed by atoms with E-state index in [1.807, 2.05) is 0 Å². The molecule has 106 valence electrons. The van der Waals surface area contributed by atoms with Gasteiger partial charge in [0.05, 0.1) is 7.11 Å². The summed E-state index contributed by atoms with van der Waals surface area (Å²) >= 11 is 0. The van der Waals surface area contributed by atoms with E-state index in [1.165, 1.54) is 19.2 Å². The molecular formula is C14H13BF3KO2. The molecule has 1 unspecified atom stereocenters. The zero-order valence-corrected chi connectivity index (χ0v) is 14.9. The van der Waals surface area contributed by atoms with Crippen LogP contribution >= 0.6 is 0 Å². The van der Waals surface area contributed by atoms with E-state index in [0.717, 1.165) is 12.1 Å². The Morgan fingerprint density at radius 1 is 0.905 bits per heavy atom. The molecule has 0 spiro atoms. The maximum atomic E-state index is 12.5. The summed E-state index contributed by atoms with van der Waals surface area (Å²) in [5.41, 5.74) is 0.339. The summed E-state index contributed by atoms with van der Waals surface area (Å²) in [5.74, 6) is 0.649. The Morgan fingerprint density at radius 3 is 1.71 bits per heavy atom. The molecular weight excluding hydrogens is 307 g/mol. The fraction of sp³-hybridized carbons (Fsp3) is 0.143. The van der Waals surface area contributed by atoms with Crippen LogP contribution in [0.25, 0.3) is 0 Å². The molecule has 0 fully saturated rings. The number of aliphatic hydroxyl groups excluding tert-OH is 1. The maximum absolute atomic E-state index is 12.5. The van der Waals surface area contributed by atoms with Gasteiger partial charge in [-0.05, 0) is 23.3 Å². The van der Waals surface area contributed by atoms with Crippen molar-refractivity contribution in [3.8, 4) is 5.75 Å². The van der Waals surface area contributed by atoms with Crippen molar-refractivity contribution in [1.29, 1.82) is 0 Å². The van der Waals surface area contributed by atoms with Crippen LogP contribution in [0.2, 0.25) is 0 Å². The first-order chi connectivity index (χ1) is 9.41. The Morgan fingerprint density at radius 2 is 1.33 bits per heavy atom. The van der Waals surface area contributed by atoms with E-state index in [-0.39, 0.29) is 51.4 Å². The molecule has 1 atom stereocenters. The van der Waals surface area contributed by atoms with Crippen molar-refractivity contribution >= 4 is 12.4 Å². The van der Waals surface area contributed by atoms with Crippen molar-refractivity contribution in [2.75, 3.05) is 7.11 Å². The third-order valence-corrected chi connectivity index (χ3v) is 3.06. The Bertz CT molecular complexity index is 570. The maximum Gasteiger partial charge on any atom is 1.00 e. The third-order valence-electron chi connectivity index (χ3n) is 3.06. The second kappa shape index (κ2) is 7.80. The van der Waals surface area contributed by atoms with Gasteiger partial charge in [0.1, 0.15) is 11.9 Å². The molecule has 0 aliphatic carbocycles. The van der Waals surface area contributed by atoms with Crippen molar-refractivity contribution in [2.45, 2.75) is 6.10 Å². The fourth-order valence-electron chi connectivity index (χ4n) is 1.88. The molecule has 0 heterocycles. The van der Waals surface area contributed by atoms with Crippen molar-refractivity contribution in [1.82, 2.24) is 0 Å². The SMILES string of the molecule is COc1ccc(C(O)c2ccc([B-](F)(F)F)cc2)cc1.[K+].